The Labute approximate surface area is 190 Å². The van der Waals surface area contributed by atoms with Gasteiger partial charge < -0.3 is 19.9 Å². The SMILES string of the molecule is O=C(C[C@H]1CC[C@H]2[C@@H](COC[C@@H](O)CN2Cc2cccc(F)c2)O1)NCC1CCCCC1. The van der Waals surface area contributed by atoms with E-state index >= 15 is 0 Å². The smallest absolute Gasteiger partial charge is 0.222 e. The molecule has 1 aromatic rings. The molecule has 3 aliphatic rings. The summed E-state index contributed by atoms with van der Waals surface area (Å²) >= 11 is 0. The zero-order valence-corrected chi connectivity index (χ0v) is 18.9. The molecular weight excluding hydrogens is 411 g/mol. The Bertz CT molecular complexity index is 742. The second-order valence-electron chi connectivity index (χ2n) is 9.70. The molecule has 1 aliphatic carbocycles. The van der Waals surface area contributed by atoms with E-state index in [0.29, 0.717) is 32.0 Å². The maximum absolute atomic E-state index is 13.7. The van der Waals surface area contributed by atoms with Gasteiger partial charge in [-0.25, -0.2) is 4.39 Å². The van der Waals surface area contributed by atoms with Gasteiger partial charge in [0.2, 0.25) is 5.91 Å². The molecule has 0 bridgehead atoms. The number of hydrogen-bond donors (Lipinski definition) is 2. The van der Waals surface area contributed by atoms with Crippen molar-refractivity contribution >= 4 is 5.91 Å². The number of nitrogens with one attached hydrogen (secondary N) is 1. The molecule has 0 aromatic heterocycles. The monoisotopic (exact) mass is 448 g/mol. The van der Waals surface area contributed by atoms with E-state index < -0.39 is 6.10 Å². The van der Waals surface area contributed by atoms with Crippen LogP contribution in [-0.2, 0) is 20.8 Å². The first-order valence-electron chi connectivity index (χ1n) is 12.2. The zero-order chi connectivity index (χ0) is 22.3. The van der Waals surface area contributed by atoms with Crippen molar-refractivity contribution in [2.45, 2.75) is 82.3 Å². The summed E-state index contributed by atoms with van der Waals surface area (Å²) in [7, 11) is 0. The van der Waals surface area contributed by atoms with Crippen LogP contribution >= 0.6 is 0 Å². The minimum Gasteiger partial charge on any atom is -0.389 e. The Morgan fingerprint density at radius 1 is 1.16 bits per heavy atom. The highest BCUT2D eigenvalue weighted by Crippen LogP contribution is 2.29. The van der Waals surface area contributed by atoms with Crippen LogP contribution in [0, 0.1) is 11.7 Å². The molecule has 4 atom stereocenters. The first kappa shape index (κ1) is 23.6. The van der Waals surface area contributed by atoms with Crippen molar-refractivity contribution in [2.24, 2.45) is 5.92 Å². The Hall–Kier alpha value is -1.54. The topological polar surface area (TPSA) is 71.0 Å². The molecule has 6 nitrogen and oxygen atoms in total. The molecule has 2 heterocycles. The van der Waals surface area contributed by atoms with Crippen molar-refractivity contribution in [1.29, 1.82) is 0 Å². The fourth-order valence-electron chi connectivity index (χ4n) is 5.43. The molecule has 0 spiro atoms. The van der Waals surface area contributed by atoms with Gasteiger partial charge >= 0.3 is 0 Å². The highest BCUT2D eigenvalue weighted by molar-refractivity contribution is 5.76. The molecule has 4 rings (SSSR count). The van der Waals surface area contributed by atoms with Gasteiger partial charge in [0.15, 0.2) is 0 Å². The summed E-state index contributed by atoms with van der Waals surface area (Å²) in [5, 5.41) is 13.4. The number of rotatable bonds is 6. The molecule has 3 fully saturated rings. The predicted molar refractivity (Wildman–Crippen MR) is 120 cm³/mol. The van der Waals surface area contributed by atoms with E-state index in [4.69, 9.17) is 9.47 Å². The summed E-state index contributed by atoms with van der Waals surface area (Å²) in [5.74, 6) is 0.429. The summed E-state index contributed by atoms with van der Waals surface area (Å²) < 4.78 is 25.7. The van der Waals surface area contributed by atoms with E-state index in [1.165, 1.54) is 38.2 Å². The van der Waals surface area contributed by atoms with E-state index in [9.17, 15) is 14.3 Å². The van der Waals surface area contributed by atoms with Crippen molar-refractivity contribution in [3.63, 3.8) is 0 Å². The average molecular weight is 449 g/mol. The number of halogens is 1. The van der Waals surface area contributed by atoms with Crippen LogP contribution in [0.25, 0.3) is 0 Å². The number of aliphatic hydroxyl groups is 1. The summed E-state index contributed by atoms with van der Waals surface area (Å²) in [6, 6.07) is 6.67. The Morgan fingerprint density at radius 3 is 2.81 bits per heavy atom. The van der Waals surface area contributed by atoms with Gasteiger partial charge in [0, 0.05) is 25.7 Å². The number of aliphatic hydroxyl groups excluding tert-OH is 1. The Balaban J connectivity index is 1.32. The fourth-order valence-corrected chi connectivity index (χ4v) is 5.43. The first-order chi connectivity index (χ1) is 15.6. The number of β-amino-alcohol motifs (C(OH)–C–C–N with tert-alkyl or cyclic N) is 1. The maximum Gasteiger partial charge on any atom is 0.222 e. The fraction of sp³-hybridized carbons (Fsp3) is 0.720. The van der Waals surface area contributed by atoms with Crippen LogP contribution in [0.5, 0.6) is 0 Å². The highest BCUT2D eigenvalue weighted by atomic mass is 19.1. The van der Waals surface area contributed by atoms with Gasteiger partial charge in [0.25, 0.3) is 0 Å². The van der Waals surface area contributed by atoms with Crippen LogP contribution in [0.15, 0.2) is 24.3 Å². The molecule has 178 valence electrons. The predicted octanol–water partition coefficient (Wildman–Crippen LogP) is 3.02. The third kappa shape index (κ3) is 6.73. The van der Waals surface area contributed by atoms with Crippen molar-refractivity contribution in [2.75, 3.05) is 26.3 Å². The molecule has 1 amide bonds. The lowest BCUT2D eigenvalue weighted by Gasteiger charge is -2.44. The number of benzene rings is 1. The molecule has 2 N–H and O–H groups in total. The minimum absolute atomic E-state index is 0.0646. The van der Waals surface area contributed by atoms with Gasteiger partial charge in [-0.05, 0) is 49.3 Å². The summed E-state index contributed by atoms with van der Waals surface area (Å²) in [4.78, 5) is 14.7. The van der Waals surface area contributed by atoms with Crippen molar-refractivity contribution in [3.05, 3.63) is 35.6 Å². The van der Waals surface area contributed by atoms with Crippen LogP contribution in [0.3, 0.4) is 0 Å². The van der Waals surface area contributed by atoms with Crippen LogP contribution in [0.4, 0.5) is 4.39 Å². The molecule has 1 aromatic carbocycles. The second-order valence-corrected chi connectivity index (χ2v) is 9.70. The maximum atomic E-state index is 13.7. The Kier molecular flexibility index (Phi) is 8.52. The number of hydrogen-bond acceptors (Lipinski definition) is 5. The summed E-state index contributed by atoms with van der Waals surface area (Å²) in [5.41, 5.74) is 0.877. The van der Waals surface area contributed by atoms with Gasteiger partial charge in [-0.2, -0.15) is 0 Å². The van der Waals surface area contributed by atoms with Crippen molar-refractivity contribution in [3.8, 4) is 0 Å². The van der Waals surface area contributed by atoms with Crippen molar-refractivity contribution in [1.82, 2.24) is 10.2 Å². The van der Waals surface area contributed by atoms with E-state index in [-0.39, 0.29) is 36.6 Å². The lowest BCUT2D eigenvalue weighted by Crippen LogP contribution is -2.55. The van der Waals surface area contributed by atoms with Crippen LogP contribution in [-0.4, -0.2) is 66.6 Å². The van der Waals surface area contributed by atoms with Gasteiger partial charge in [-0.1, -0.05) is 31.4 Å². The summed E-state index contributed by atoms with van der Waals surface area (Å²) in [6.07, 6.45) is 7.44. The number of ether oxygens (including phenoxy) is 2. The molecule has 2 aliphatic heterocycles. The largest absolute Gasteiger partial charge is 0.389 e. The molecule has 7 heteroatoms. The Morgan fingerprint density at radius 2 is 2.00 bits per heavy atom. The second kappa shape index (κ2) is 11.5. The van der Waals surface area contributed by atoms with Gasteiger partial charge in [0.05, 0.1) is 37.9 Å². The molecule has 2 saturated heterocycles. The first-order valence-corrected chi connectivity index (χ1v) is 12.2. The number of carbonyl (C=O) groups excluding carboxylic acids is 1. The lowest BCUT2D eigenvalue weighted by molar-refractivity contribution is -0.158. The normalized spacial score (nSPS) is 30.2. The number of amides is 1. The van der Waals surface area contributed by atoms with Gasteiger partial charge in [-0.15, -0.1) is 0 Å². The van der Waals surface area contributed by atoms with E-state index in [1.807, 2.05) is 6.07 Å². The van der Waals surface area contributed by atoms with Gasteiger partial charge in [-0.3, -0.25) is 9.69 Å². The lowest BCUT2D eigenvalue weighted by atomic mass is 9.89. The molecule has 0 radical (unpaired) electrons. The van der Waals surface area contributed by atoms with E-state index in [0.717, 1.165) is 24.9 Å². The third-order valence-electron chi connectivity index (χ3n) is 7.09. The molecule has 1 saturated carbocycles. The number of carbonyl (C=O) groups is 1. The van der Waals surface area contributed by atoms with E-state index in [2.05, 4.69) is 10.2 Å². The molecule has 0 unspecified atom stereocenters. The minimum atomic E-state index is -0.590. The number of fused-ring (bicyclic) bond motifs is 1. The highest BCUT2D eigenvalue weighted by Gasteiger charge is 2.38. The third-order valence-corrected chi connectivity index (χ3v) is 7.09. The van der Waals surface area contributed by atoms with Crippen molar-refractivity contribution < 1.29 is 23.8 Å². The van der Waals surface area contributed by atoms with E-state index in [1.54, 1.807) is 12.1 Å². The molecule has 32 heavy (non-hydrogen) atoms. The number of nitrogens with zero attached hydrogens (tertiary/aromatic N) is 1. The van der Waals surface area contributed by atoms with Crippen LogP contribution in [0.1, 0.15) is 56.9 Å². The molecular formula is C25H37FN2O4. The average Bonchev–Trinajstić information content (AvgIpc) is 2.77. The van der Waals surface area contributed by atoms with Crippen LogP contribution < -0.4 is 5.32 Å². The quantitative estimate of drug-likeness (QED) is 0.700. The standard InChI is InChI=1S/C25H37FN2O4/c26-20-8-4-7-19(11-20)14-28-15-21(29)16-31-17-24-23(28)10-9-22(32-24)12-25(30)27-13-18-5-2-1-3-6-18/h4,7-8,11,18,21-24,29H,1-3,5-6,9-10,12-17H2,(H,27,30)/t21-,22+,23-,24+/m0/s1. The summed E-state index contributed by atoms with van der Waals surface area (Å²) in [6.45, 7) is 2.42. The van der Waals surface area contributed by atoms with Gasteiger partial charge in [0.1, 0.15) is 5.82 Å². The van der Waals surface area contributed by atoms with Crippen LogP contribution in [0.2, 0.25) is 0 Å². The zero-order valence-electron chi connectivity index (χ0n) is 18.9.